The van der Waals surface area contributed by atoms with Crippen LogP contribution < -0.4 is 0 Å². The van der Waals surface area contributed by atoms with E-state index in [-0.39, 0.29) is 23.4 Å². The number of hydrogen-bond donors (Lipinski definition) is 0. The van der Waals surface area contributed by atoms with Crippen LogP contribution in [0.15, 0.2) is 72.8 Å². The number of ketones is 2. The fraction of sp³-hybridized carbons (Fsp3) is 0.273. The number of hydrogen-bond acceptors (Lipinski definition) is 2. The number of carbonyl (C=O) groups excluding carboxylic acids is 2. The maximum absolute atomic E-state index is 12.7. The van der Waals surface area contributed by atoms with Gasteiger partial charge in [-0.1, -0.05) is 80.1 Å². The van der Waals surface area contributed by atoms with E-state index in [2.05, 4.69) is 6.92 Å². The minimum Gasteiger partial charge on any atom is -0.294 e. The van der Waals surface area contributed by atoms with Gasteiger partial charge in [-0.3, -0.25) is 9.59 Å². The van der Waals surface area contributed by atoms with Crippen molar-refractivity contribution in [2.75, 3.05) is 0 Å². The summed E-state index contributed by atoms with van der Waals surface area (Å²) in [5.41, 5.74) is 1.46. The minimum atomic E-state index is 0.00339. The molecule has 0 radical (unpaired) electrons. The first-order valence-corrected chi connectivity index (χ1v) is 8.59. The Morgan fingerprint density at radius 1 is 0.917 bits per heavy atom. The maximum Gasteiger partial charge on any atom is 0.185 e. The molecule has 0 aliphatic heterocycles. The lowest BCUT2D eigenvalue weighted by atomic mass is 10.0. The first-order chi connectivity index (χ1) is 11.7. The normalized spacial score (nSPS) is 22.5. The topological polar surface area (TPSA) is 34.1 Å². The Morgan fingerprint density at radius 3 is 2.08 bits per heavy atom. The zero-order valence-electron chi connectivity index (χ0n) is 13.9. The molecule has 24 heavy (non-hydrogen) atoms. The first-order valence-electron chi connectivity index (χ1n) is 8.59. The standard InChI is InChI=1S/C22H22O2/c1-2-9-18-19(14-15-20(23)16-10-5-3-6-11-16)21(18)22(24)17-12-7-4-8-13-17/h3-8,10-15,18-19,21H,2,9H2,1H3/b15-14+/t18-,19-,21+/m1/s1. The third-order valence-corrected chi connectivity index (χ3v) is 4.74. The second kappa shape index (κ2) is 7.39. The summed E-state index contributed by atoms with van der Waals surface area (Å²) < 4.78 is 0. The fourth-order valence-corrected chi connectivity index (χ4v) is 3.43. The predicted molar refractivity (Wildman–Crippen MR) is 96.1 cm³/mol. The quantitative estimate of drug-likeness (QED) is 0.533. The van der Waals surface area contributed by atoms with Gasteiger partial charge in [0.1, 0.15) is 0 Å². The zero-order chi connectivity index (χ0) is 16.9. The fourth-order valence-electron chi connectivity index (χ4n) is 3.43. The van der Waals surface area contributed by atoms with Crippen molar-refractivity contribution >= 4 is 11.6 Å². The molecule has 3 rings (SSSR count). The van der Waals surface area contributed by atoms with Crippen LogP contribution in [0.2, 0.25) is 0 Å². The van der Waals surface area contributed by atoms with Crippen LogP contribution in [-0.2, 0) is 0 Å². The van der Waals surface area contributed by atoms with Gasteiger partial charge >= 0.3 is 0 Å². The monoisotopic (exact) mass is 318 g/mol. The van der Waals surface area contributed by atoms with Crippen molar-refractivity contribution in [3.05, 3.63) is 83.9 Å². The highest BCUT2D eigenvalue weighted by atomic mass is 16.1. The lowest BCUT2D eigenvalue weighted by Gasteiger charge is -1.99. The molecule has 2 aromatic carbocycles. The van der Waals surface area contributed by atoms with Crippen LogP contribution in [0, 0.1) is 17.8 Å². The number of carbonyl (C=O) groups is 2. The molecule has 0 N–H and O–H groups in total. The molecule has 1 aliphatic carbocycles. The van der Waals surface area contributed by atoms with Crippen molar-refractivity contribution < 1.29 is 9.59 Å². The highest BCUT2D eigenvalue weighted by molar-refractivity contribution is 6.05. The molecular formula is C22H22O2. The van der Waals surface area contributed by atoms with Gasteiger partial charge in [0.25, 0.3) is 0 Å². The number of rotatable bonds is 7. The Balaban J connectivity index is 1.71. The second-order valence-corrected chi connectivity index (χ2v) is 6.38. The van der Waals surface area contributed by atoms with E-state index in [4.69, 9.17) is 0 Å². The van der Waals surface area contributed by atoms with Crippen LogP contribution in [0.25, 0.3) is 0 Å². The van der Waals surface area contributed by atoms with Crippen LogP contribution in [0.3, 0.4) is 0 Å². The van der Waals surface area contributed by atoms with Crippen molar-refractivity contribution in [1.29, 1.82) is 0 Å². The lowest BCUT2D eigenvalue weighted by molar-refractivity contribution is 0.0956. The molecule has 1 saturated carbocycles. The van der Waals surface area contributed by atoms with Crippen LogP contribution in [0.1, 0.15) is 40.5 Å². The Hall–Kier alpha value is -2.48. The summed E-state index contributed by atoms with van der Waals surface area (Å²) in [6.45, 7) is 2.14. The van der Waals surface area contributed by atoms with Crippen molar-refractivity contribution in [1.82, 2.24) is 0 Å². The molecule has 0 bridgehead atoms. The highest BCUT2D eigenvalue weighted by Gasteiger charge is 2.51. The molecule has 3 atom stereocenters. The van der Waals surface area contributed by atoms with Crippen LogP contribution >= 0.6 is 0 Å². The van der Waals surface area contributed by atoms with E-state index in [9.17, 15) is 9.59 Å². The molecule has 122 valence electrons. The largest absolute Gasteiger partial charge is 0.294 e. The third kappa shape index (κ3) is 3.53. The van der Waals surface area contributed by atoms with E-state index in [1.165, 1.54) is 0 Å². The summed E-state index contributed by atoms with van der Waals surface area (Å²) in [6.07, 6.45) is 5.67. The average Bonchev–Trinajstić information content (AvgIpc) is 3.33. The van der Waals surface area contributed by atoms with Crippen molar-refractivity contribution in [2.45, 2.75) is 19.8 Å². The molecular weight excluding hydrogens is 296 g/mol. The molecule has 0 heterocycles. The van der Waals surface area contributed by atoms with Crippen molar-refractivity contribution in [2.24, 2.45) is 17.8 Å². The number of allylic oxidation sites excluding steroid dienone is 2. The van der Waals surface area contributed by atoms with Crippen molar-refractivity contribution in [3.63, 3.8) is 0 Å². The van der Waals surface area contributed by atoms with Crippen LogP contribution in [0.4, 0.5) is 0 Å². The molecule has 0 amide bonds. The minimum absolute atomic E-state index is 0.00339. The Labute approximate surface area is 143 Å². The van der Waals surface area contributed by atoms with E-state index in [1.807, 2.05) is 66.7 Å². The number of Topliss-reactive ketones (excluding diaryl/α,β-unsaturated/α-hetero) is 1. The van der Waals surface area contributed by atoms with Crippen LogP contribution in [-0.4, -0.2) is 11.6 Å². The van der Waals surface area contributed by atoms with Gasteiger partial charge in [0.05, 0.1) is 0 Å². The lowest BCUT2D eigenvalue weighted by Crippen LogP contribution is -2.04. The summed E-state index contributed by atoms with van der Waals surface area (Å²) in [7, 11) is 0. The van der Waals surface area contributed by atoms with E-state index in [0.717, 1.165) is 18.4 Å². The molecule has 2 nitrogen and oxygen atoms in total. The molecule has 1 fully saturated rings. The molecule has 0 unspecified atom stereocenters. The van der Waals surface area contributed by atoms with Gasteiger partial charge in [-0.25, -0.2) is 0 Å². The molecule has 0 spiro atoms. The molecule has 0 aromatic heterocycles. The van der Waals surface area contributed by atoms with Gasteiger partial charge < -0.3 is 0 Å². The van der Waals surface area contributed by atoms with Gasteiger partial charge in [0.2, 0.25) is 0 Å². The second-order valence-electron chi connectivity index (χ2n) is 6.38. The summed E-state index contributed by atoms with van der Waals surface area (Å²) >= 11 is 0. The summed E-state index contributed by atoms with van der Waals surface area (Å²) in [5.74, 6) is 0.777. The summed E-state index contributed by atoms with van der Waals surface area (Å²) in [6, 6.07) is 18.7. The third-order valence-electron chi connectivity index (χ3n) is 4.74. The molecule has 1 aliphatic rings. The van der Waals surface area contributed by atoms with Gasteiger partial charge in [0.15, 0.2) is 11.6 Å². The summed E-state index contributed by atoms with van der Waals surface area (Å²) in [5, 5.41) is 0. The first kappa shape index (κ1) is 16.4. The van der Waals surface area contributed by atoms with Gasteiger partial charge in [-0.2, -0.15) is 0 Å². The van der Waals surface area contributed by atoms with Gasteiger partial charge in [0, 0.05) is 17.0 Å². The van der Waals surface area contributed by atoms with E-state index < -0.39 is 0 Å². The highest BCUT2D eigenvalue weighted by Crippen LogP contribution is 2.51. The predicted octanol–water partition coefficient (Wildman–Crippen LogP) is 4.97. The van der Waals surface area contributed by atoms with Gasteiger partial charge in [-0.05, 0) is 24.3 Å². The van der Waals surface area contributed by atoms with Gasteiger partial charge in [-0.15, -0.1) is 0 Å². The summed E-state index contributed by atoms with van der Waals surface area (Å²) in [4.78, 5) is 24.9. The zero-order valence-corrected chi connectivity index (χ0v) is 13.9. The molecule has 2 aromatic rings. The Bertz CT molecular complexity index is 731. The van der Waals surface area contributed by atoms with E-state index in [0.29, 0.717) is 11.5 Å². The number of benzene rings is 2. The molecule has 2 heteroatoms. The molecule has 0 saturated heterocycles. The van der Waals surface area contributed by atoms with E-state index >= 15 is 0 Å². The SMILES string of the molecule is CCC[C@@H]1[C@@H](/C=C/C(=O)c2ccccc2)[C@H]1C(=O)c1ccccc1. The maximum atomic E-state index is 12.7. The average molecular weight is 318 g/mol. The van der Waals surface area contributed by atoms with Crippen LogP contribution in [0.5, 0.6) is 0 Å². The smallest absolute Gasteiger partial charge is 0.185 e. The Morgan fingerprint density at radius 2 is 1.50 bits per heavy atom. The Kier molecular flexibility index (Phi) is 5.05. The van der Waals surface area contributed by atoms with E-state index in [1.54, 1.807) is 6.08 Å². The van der Waals surface area contributed by atoms with Crippen molar-refractivity contribution in [3.8, 4) is 0 Å².